The lowest BCUT2D eigenvalue weighted by Gasteiger charge is -2.21. The van der Waals surface area contributed by atoms with Crippen LogP contribution in [0.25, 0.3) is 0 Å². The van der Waals surface area contributed by atoms with Gasteiger partial charge in [0.1, 0.15) is 5.75 Å². The smallest absolute Gasteiger partial charge is 0.124 e. The number of hydrogen-bond donors (Lipinski definition) is 2. The van der Waals surface area contributed by atoms with E-state index in [9.17, 15) is 0 Å². The molecule has 0 heterocycles. The summed E-state index contributed by atoms with van der Waals surface area (Å²) < 4.78 is 6.71. The first kappa shape index (κ1) is 14.9. The molecular weight excluding hydrogens is 316 g/mol. The van der Waals surface area contributed by atoms with Gasteiger partial charge in [-0.3, -0.25) is 0 Å². The average molecular weight is 335 g/mol. The van der Waals surface area contributed by atoms with E-state index in [1.54, 1.807) is 0 Å². The zero-order chi connectivity index (χ0) is 14.4. The van der Waals surface area contributed by atoms with Crippen LogP contribution in [-0.2, 0) is 0 Å². The molecule has 0 aromatic heterocycles. The zero-order valence-corrected chi connectivity index (χ0v) is 13.1. The van der Waals surface area contributed by atoms with Crippen molar-refractivity contribution in [2.75, 3.05) is 18.5 Å². The van der Waals surface area contributed by atoms with E-state index >= 15 is 0 Å². The van der Waals surface area contributed by atoms with Crippen molar-refractivity contribution in [3.05, 3.63) is 58.6 Å². The lowest BCUT2D eigenvalue weighted by atomic mass is 10.1. The molecule has 1 atom stereocenters. The molecule has 2 rings (SSSR count). The van der Waals surface area contributed by atoms with Crippen LogP contribution in [0.2, 0.25) is 0 Å². The van der Waals surface area contributed by atoms with E-state index in [1.165, 1.54) is 0 Å². The van der Waals surface area contributed by atoms with Crippen molar-refractivity contribution in [1.82, 2.24) is 0 Å². The van der Waals surface area contributed by atoms with Crippen LogP contribution >= 0.6 is 15.9 Å². The summed E-state index contributed by atoms with van der Waals surface area (Å²) in [6.07, 6.45) is 0. The van der Waals surface area contributed by atoms with Crippen LogP contribution < -0.4 is 15.8 Å². The molecule has 3 N–H and O–H groups in total. The van der Waals surface area contributed by atoms with Crippen LogP contribution in [0.1, 0.15) is 18.5 Å². The van der Waals surface area contributed by atoms with Gasteiger partial charge in [0, 0.05) is 22.3 Å². The predicted molar refractivity (Wildman–Crippen MR) is 87.2 cm³/mol. The molecule has 0 fully saturated rings. The Morgan fingerprint density at radius 1 is 1.20 bits per heavy atom. The van der Waals surface area contributed by atoms with E-state index in [0.29, 0.717) is 13.2 Å². The molecule has 4 heteroatoms. The number of hydrogen-bond acceptors (Lipinski definition) is 3. The number of ether oxygens (including phenoxy) is 1. The summed E-state index contributed by atoms with van der Waals surface area (Å²) in [5, 5.41) is 3.45. The van der Waals surface area contributed by atoms with Crippen molar-refractivity contribution in [3.8, 4) is 5.75 Å². The summed E-state index contributed by atoms with van der Waals surface area (Å²) in [5.74, 6) is 0.882. The molecule has 0 saturated heterocycles. The Labute approximate surface area is 128 Å². The molecule has 0 radical (unpaired) electrons. The predicted octanol–water partition coefficient (Wildman–Crippen LogP) is 3.96. The Morgan fingerprint density at radius 3 is 2.70 bits per heavy atom. The molecule has 0 bridgehead atoms. The van der Waals surface area contributed by atoms with Gasteiger partial charge in [0.05, 0.1) is 12.6 Å². The fourth-order valence-corrected chi connectivity index (χ4v) is 2.50. The standard InChI is InChI=1S/C16H19BrN2O/c1-2-20-16-9-4-3-8-14(16)15(11-18)19-13-7-5-6-12(17)10-13/h3-10,15,19H,2,11,18H2,1H3. The van der Waals surface area contributed by atoms with Crippen LogP contribution in [0, 0.1) is 0 Å². The van der Waals surface area contributed by atoms with Gasteiger partial charge in [-0.2, -0.15) is 0 Å². The van der Waals surface area contributed by atoms with Gasteiger partial charge in [-0.25, -0.2) is 0 Å². The highest BCUT2D eigenvalue weighted by Crippen LogP contribution is 2.28. The van der Waals surface area contributed by atoms with Crippen molar-refractivity contribution in [3.63, 3.8) is 0 Å². The number of nitrogens with one attached hydrogen (secondary N) is 1. The molecule has 0 spiro atoms. The highest BCUT2D eigenvalue weighted by Gasteiger charge is 2.14. The summed E-state index contributed by atoms with van der Waals surface area (Å²) in [4.78, 5) is 0. The van der Waals surface area contributed by atoms with Gasteiger partial charge < -0.3 is 15.8 Å². The highest BCUT2D eigenvalue weighted by atomic mass is 79.9. The third kappa shape index (κ3) is 3.74. The summed E-state index contributed by atoms with van der Waals surface area (Å²) in [6, 6.07) is 16.1. The fourth-order valence-electron chi connectivity index (χ4n) is 2.10. The fraction of sp³-hybridized carbons (Fsp3) is 0.250. The van der Waals surface area contributed by atoms with E-state index in [-0.39, 0.29) is 6.04 Å². The molecule has 106 valence electrons. The maximum Gasteiger partial charge on any atom is 0.124 e. The molecular formula is C16H19BrN2O. The van der Waals surface area contributed by atoms with Crippen LogP contribution in [0.15, 0.2) is 53.0 Å². The minimum Gasteiger partial charge on any atom is -0.494 e. The second-order valence-corrected chi connectivity index (χ2v) is 5.33. The van der Waals surface area contributed by atoms with Crippen LogP contribution in [-0.4, -0.2) is 13.2 Å². The number of anilines is 1. The number of halogens is 1. The number of nitrogens with two attached hydrogens (primary N) is 1. The second kappa shape index (κ2) is 7.31. The minimum atomic E-state index is 0.0204. The zero-order valence-electron chi connectivity index (χ0n) is 11.5. The number of benzene rings is 2. The lowest BCUT2D eigenvalue weighted by molar-refractivity contribution is 0.335. The molecule has 0 aliphatic carbocycles. The van der Waals surface area contributed by atoms with E-state index in [0.717, 1.165) is 21.5 Å². The largest absolute Gasteiger partial charge is 0.494 e. The maximum atomic E-state index is 5.93. The highest BCUT2D eigenvalue weighted by molar-refractivity contribution is 9.10. The van der Waals surface area contributed by atoms with Gasteiger partial charge in [-0.1, -0.05) is 40.2 Å². The molecule has 0 amide bonds. The molecule has 2 aromatic rings. The van der Waals surface area contributed by atoms with Gasteiger partial charge in [0.15, 0.2) is 0 Å². The summed E-state index contributed by atoms with van der Waals surface area (Å²) in [6.45, 7) is 3.12. The van der Waals surface area contributed by atoms with Gasteiger partial charge in [0.2, 0.25) is 0 Å². The van der Waals surface area contributed by atoms with Crippen molar-refractivity contribution in [1.29, 1.82) is 0 Å². The van der Waals surface area contributed by atoms with Gasteiger partial charge in [0.25, 0.3) is 0 Å². The van der Waals surface area contributed by atoms with Crippen molar-refractivity contribution in [2.24, 2.45) is 5.73 Å². The Morgan fingerprint density at radius 2 is 2.00 bits per heavy atom. The van der Waals surface area contributed by atoms with E-state index in [2.05, 4.69) is 21.2 Å². The van der Waals surface area contributed by atoms with E-state index < -0.39 is 0 Å². The minimum absolute atomic E-state index is 0.0204. The van der Waals surface area contributed by atoms with E-state index in [1.807, 2.05) is 55.5 Å². The molecule has 0 aliphatic heterocycles. The topological polar surface area (TPSA) is 47.3 Å². The molecule has 1 unspecified atom stereocenters. The summed E-state index contributed by atoms with van der Waals surface area (Å²) in [7, 11) is 0. The third-order valence-electron chi connectivity index (χ3n) is 3.00. The molecule has 20 heavy (non-hydrogen) atoms. The van der Waals surface area contributed by atoms with Crippen LogP contribution in [0.5, 0.6) is 5.75 Å². The second-order valence-electron chi connectivity index (χ2n) is 4.41. The lowest BCUT2D eigenvalue weighted by Crippen LogP contribution is -2.21. The van der Waals surface area contributed by atoms with Crippen LogP contribution in [0.3, 0.4) is 0 Å². The maximum absolute atomic E-state index is 5.93. The Hall–Kier alpha value is -1.52. The Balaban J connectivity index is 2.24. The first-order valence-corrected chi connectivity index (χ1v) is 7.47. The molecule has 0 aliphatic rings. The summed E-state index contributed by atoms with van der Waals surface area (Å²) >= 11 is 3.47. The first-order chi connectivity index (χ1) is 9.74. The quantitative estimate of drug-likeness (QED) is 0.840. The third-order valence-corrected chi connectivity index (χ3v) is 3.49. The number of rotatable bonds is 6. The Kier molecular flexibility index (Phi) is 5.44. The monoisotopic (exact) mass is 334 g/mol. The molecule has 0 saturated carbocycles. The van der Waals surface area contributed by atoms with Gasteiger partial charge in [-0.15, -0.1) is 0 Å². The Bertz CT molecular complexity index is 560. The summed E-state index contributed by atoms with van der Waals surface area (Å²) in [5.41, 5.74) is 8.04. The SMILES string of the molecule is CCOc1ccccc1C(CN)Nc1cccc(Br)c1. The molecule has 3 nitrogen and oxygen atoms in total. The van der Waals surface area contributed by atoms with Crippen molar-refractivity contribution >= 4 is 21.6 Å². The van der Waals surface area contributed by atoms with Crippen LogP contribution in [0.4, 0.5) is 5.69 Å². The van der Waals surface area contributed by atoms with Gasteiger partial charge >= 0.3 is 0 Å². The first-order valence-electron chi connectivity index (χ1n) is 6.68. The number of para-hydroxylation sites is 1. The van der Waals surface area contributed by atoms with Crippen molar-refractivity contribution in [2.45, 2.75) is 13.0 Å². The average Bonchev–Trinajstić information content (AvgIpc) is 2.46. The molecule has 2 aromatic carbocycles. The normalized spacial score (nSPS) is 11.9. The van der Waals surface area contributed by atoms with E-state index in [4.69, 9.17) is 10.5 Å². The van der Waals surface area contributed by atoms with Gasteiger partial charge in [-0.05, 0) is 31.2 Å². The van der Waals surface area contributed by atoms with Crippen molar-refractivity contribution < 1.29 is 4.74 Å².